The number of alkyl halides is 3. The number of benzene rings is 2. The largest absolute Gasteiger partial charge is 0.416 e. The van der Waals surface area contributed by atoms with E-state index in [2.05, 4.69) is 10.2 Å². The maximum absolute atomic E-state index is 14.1. The highest BCUT2D eigenvalue weighted by molar-refractivity contribution is 7.97. The van der Waals surface area contributed by atoms with Crippen molar-refractivity contribution in [1.82, 2.24) is 4.90 Å². The van der Waals surface area contributed by atoms with E-state index in [0.717, 1.165) is 30.5 Å². The third kappa shape index (κ3) is 4.91. The highest BCUT2D eigenvalue weighted by atomic mass is 35.5. The van der Waals surface area contributed by atoms with Gasteiger partial charge in [0.2, 0.25) is 0 Å². The number of anilines is 3. The van der Waals surface area contributed by atoms with Gasteiger partial charge < -0.3 is 15.1 Å². The summed E-state index contributed by atoms with van der Waals surface area (Å²) in [4.78, 5) is 4.13. The maximum Gasteiger partial charge on any atom is 0.416 e. The summed E-state index contributed by atoms with van der Waals surface area (Å²) in [5.74, 6) is -0.563. The van der Waals surface area contributed by atoms with Crippen LogP contribution in [0.5, 0.6) is 0 Å². The molecule has 4 nitrogen and oxygen atoms in total. The first-order valence-electron chi connectivity index (χ1n) is 8.85. The lowest BCUT2D eigenvalue weighted by Crippen LogP contribution is -2.31. The van der Waals surface area contributed by atoms with E-state index >= 15 is 0 Å². The smallest absolute Gasteiger partial charge is 0.368 e. The molecule has 0 spiro atoms. The molecule has 1 fully saturated rings. The van der Waals surface area contributed by atoms with Gasteiger partial charge >= 0.3 is 6.18 Å². The van der Waals surface area contributed by atoms with Gasteiger partial charge in [-0.1, -0.05) is 11.6 Å². The van der Waals surface area contributed by atoms with Gasteiger partial charge in [0.15, 0.2) is 0 Å². The molecule has 158 valence electrons. The van der Waals surface area contributed by atoms with Gasteiger partial charge in [0.1, 0.15) is 5.82 Å². The number of likely N-dealkylation sites (N-methyl/N-ethyl adjacent to an activating group) is 1. The van der Waals surface area contributed by atoms with Crippen molar-refractivity contribution in [2.45, 2.75) is 23.5 Å². The Bertz CT molecular complexity index is 891. The van der Waals surface area contributed by atoms with Crippen LogP contribution in [0.3, 0.4) is 0 Å². The molecule has 1 atom stereocenters. The monoisotopic (exact) mass is 448 g/mol. The summed E-state index contributed by atoms with van der Waals surface area (Å²) in [6.45, 7) is 1.21. The molecule has 0 aliphatic carbocycles. The van der Waals surface area contributed by atoms with Crippen molar-refractivity contribution in [3.05, 3.63) is 46.7 Å². The molecule has 0 unspecified atom stereocenters. The van der Waals surface area contributed by atoms with Gasteiger partial charge in [0.05, 0.1) is 32.5 Å². The molecule has 0 bridgehead atoms. The first-order valence-corrected chi connectivity index (χ1v) is 10.1. The molecule has 29 heavy (non-hydrogen) atoms. The number of nitrogens with one attached hydrogen (secondary N) is 1. The molecular weight excluding hydrogens is 428 g/mol. The summed E-state index contributed by atoms with van der Waals surface area (Å²) in [6.07, 6.45) is -3.63. The van der Waals surface area contributed by atoms with Crippen molar-refractivity contribution < 1.29 is 17.6 Å². The lowest BCUT2D eigenvalue weighted by molar-refractivity contribution is -0.137. The zero-order valence-electron chi connectivity index (χ0n) is 15.9. The van der Waals surface area contributed by atoms with Gasteiger partial charge in [-0.15, -0.1) is 0 Å². The van der Waals surface area contributed by atoms with E-state index in [-0.39, 0.29) is 21.6 Å². The van der Waals surface area contributed by atoms with Crippen LogP contribution in [-0.4, -0.2) is 38.1 Å². The zero-order chi connectivity index (χ0) is 21.3. The minimum Gasteiger partial charge on any atom is -0.368 e. The number of rotatable bonds is 5. The maximum atomic E-state index is 14.1. The van der Waals surface area contributed by atoms with Crippen LogP contribution in [-0.2, 0) is 6.18 Å². The van der Waals surface area contributed by atoms with E-state index < -0.39 is 17.6 Å². The molecule has 1 aliphatic rings. The minimum atomic E-state index is -4.46. The van der Waals surface area contributed by atoms with Crippen LogP contribution in [0, 0.1) is 5.82 Å². The summed E-state index contributed by atoms with van der Waals surface area (Å²) < 4.78 is 54.0. The topological polar surface area (TPSA) is 44.5 Å². The number of hydrogen-bond acceptors (Lipinski definition) is 5. The van der Waals surface area contributed by atoms with Crippen molar-refractivity contribution >= 4 is 40.6 Å². The van der Waals surface area contributed by atoms with Gasteiger partial charge in [-0.25, -0.2) is 4.39 Å². The quantitative estimate of drug-likeness (QED) is 0.477. The lowest BCUT2D eigenvalue weighted by atomic mass is 10.1. The van der Waals surface area contributed by atoms with Crippen molar-refractivity contribution in [3.8, 4) is 0 Å². The Morgan fingerprint density at radius 1 is 1.21 bits per heavy atom. The van der Waals surface area contributed by atoms with E-state index in [9.17, 15) is 17.6 Å². The number of halogens is 5. The fourth-order valence-electron chi connectivity index (χ4n) is 3.32. The van der Waals surface area contributed by atoms with E-state index in [0.29, 0.717) is 24.5 Å². The van der Waals surface area contributed by atoms with Crippen LogP contribution in [0.15, 0.2) is 35.2 Å². The van der Waals surface area contributed by atoms with Gasteiger partial charge in [0.25, 0.3) is 0 Å². The second-order valence-corrected chi connectivity index (χ2v) is 8.17. The second-order valence-electron chi connectivity index (χ2n) is 7.09. The first kappa shape index (κ1) is 22.0. The molecule has 1 saturated heterocycles. The van der Waals surface area contributed by atoms with Crippen LogP contribution in [0.1, 0.15) is 12.0 Å². The second kappa shape index (κ2) is 8.59. The predicted molar refractivity (Wildman–Crippen MR) is 110 cm³/mol. The van der Waals surface area contributed by atoms with Gasteiger partial charge in [-0.05, 0) is 56.7 Å². The normalized spacial score (nSPS) is 17.3. The van der Waals surface area contributed by atoms with Crippen LogP contribution >= 0.6 is 23.5 Å². The molecule has 1 heterocycles. The van der Waals surface area contributed by atoms with Gasteiger partial charge in [-0.3, -0.25) is 5.14 Å². The van der Waals surface area contributed by atoms with Crippen LogP contribution in [0.4, 0.5) is 34.6 Å². The SMILES string of the molecule is CN(C)[C@@H]1CCN(c2cc(C(F)(F)F)ccc2Nc2cc(F)c(SN)cc2Cl)C1. The summed E-state index contributed by atoms with van der Waals surface area (Å²) in [5, 5.41) is 8.61. The number of nitrogens with two attached hydrogens (primary N) is 1. The third-order valence-electron chi connectivity index (χ3n) is 4.98. The molecule has 0 aromatic heterocycles. The van der Waals surface area contributed by atoms with Crippen LogP contribution < -0.4 is 15.4 Å². The fourth-order valence-corrected chi connectivity index (χ4v) is 3.95. The van der Waals surface area contributed by atoms with Gasteiger partial charge in [-0.2, -0.15) is 13.2 Å². The fraction of sp³-hybridized carbons (Fsp3) is 0.368. The molecule has 3 rings (SSSR count). The Labute approximate surface area is 176 Å². The standard InChI is InChI=1S/C19H21ClF4N4S/c1-27(2)12-5-6-28(10-12)17-7-11(19(22,23)24)3-4-15(17)26-16-9-14(21)18(29-25)8-13(16)20/h3-4,7-9,12,26H,5-6,10,25H2,1-2H3/t12-/m1/s1. The molecule has 0 amide bonds. The molecule has 2 aromatic carbocycles. The molecule has 2 aromatic rings. The summed E-state index contributed by atoms with van der Waals surface area (Å²) in [5.41, 5.74) is 0.342. The zero-order valence-corrected chi connectivity index (χ0v) is 17.4. The van der Waals surface area contributed by atoms with E-state index in [1.165, 1.54) is 18.2 Å². The highest BCUT2D eigenvalue weighted by Crippen LogP contribution is 2.40. The summed E-state index contributed by atoms with van der Waals surface area (Å²) in [6, 6.07) is 6.27. The molecule has 0 saturated carbocycles. The molecule has 0 radical (unpaired) electrons. The summed E-state index contributed by atoms with van der Waals surface area (Å²) >= 11 is 6.94. The Morgan fingerprint density at radius 2 is 1.93 bits per heavy atom. The van der Waals surface area contributed by atoms with E-state index in [4.69, 9.17) is 16.7 Å². The Hall–Kier alpha value is -1.68. The average molecular weight is 449 g/mol. The average Bonchev–Trinajstić information content (AvgIpc) is 3.14. The number of nitrogens with zero attached hydrogens (tertiary/aromatic N) is 2. The van der Waals surface area contributed by atoms with Crippen molar-refractivity contribution in [2.75, 3.05) is 37.4 Å². The third-order valence-corrected chi connectivity index (χ3v) is 5.86. The first-order chi connectivity index (χ1) is 13.6. The Morgan fingerprint density at radius 3 is 2.52 bits per heavy atom. The number of hydrogen-bond donors (Lipinski definition) is 2. The van der Waals surface area contributed by atoms with Crippen molar-refractivity contribution in [3.63, 3.8) is 0 Å². The van der Waals surface area contributed by atoms with E-state index in [1.807, 2.05) is 19.0 Å². The molecular formula is C19H21ClF4N4S. The molecule has 3 N–H and O–H groups in total. The molecule has 10 heteroatoms. The Balaban J connectivity index is 1.99. The molecule has 1 aliphatic heterocycles. The Kier molecular flexibility index (Phi) is 6.52. The summed E-state index contributed by atoms with van der Waals surface area (Å²) in [7, 11) is 3.89. The minimum absolute atomic E-state index is 0.182. The predicted octanol–water partition coefficient (Wildman–Crippen LogP) is 5.35. The van der Waals surface area contributed by atoms with Gasteiger partial charge in [0, 0.05) is 25.2 Å². The van der Waals surface area contributed by atoms with E-state index in [1.54, 1.807) is 0 Å². The van der Waals surface area contributed by atoms with Crippen molar-refractivity contribution in [2.24, 2.45) is 5.14 Å². The van der Waals surface area contributed by atoms with Crippen LogP contribution in [0.2, 0.25) is 5.02 Å². The highest BCUT2D eigenvalue weighted by Gasteiger charge is 2.33. The lowest BCUT2D eigenvalue weighted by Gasteiger charge is -2.25. The van der Waals surface area contributed by atoms with Crippen LogP contribution in [0.25, 0.3) is 0 Å². The van der Waals surface area contributed by atoms with Crippen molar-refractivity contribution in [1.29, 1.82) is 0 Å².